The van der Waals surface area contributed by atoms with Gasteiger partial charge >= 0.3 is 0 Å². The van der Waals surface area contributed by atoms with E-state index in [1.807, 2.05) is 29.9 Å². The van der Waals surface area contributed by atoms with Gasteiger partial charge in [-0.3, -0.25) is 15.0 Å². The van der Waals surface area contributed by atoms with Crippen LogP contribution < -0.4 is 14.8 Å². The number of nitrogens with one attached hydrogen (secondary N) is 3. The average molecular weight is 641 g/mol. The van der Waals surface area contributed by atoms with Gasteiger partial charge in [-0.2, -0.15) is 5.53 Å². The number of ether oxygens (including phenoxy) is 4. The van der Waals surface area contributed by atoms with E-state index in [1.54, 1.807) is 25.6 Å². The van der Waals surface area contributed by atoms with Crippen LogP contribution in [0.3, 0.4) is 0 Å². The topological polar surface area (TPSA) is 159 Å². The summed E-state index contributed by atoms with van der Waals surface area (Å²) in [7, 11) is 1.64. The third-order valence-corrected chi connectivity index (χ3v) is 8.35. The van der Waals surface area contributed by atoms with Crippen molar-refractivity contribution >= 4 is 29.6 Å². The van der Waals surface area contributed by atoms with E-state index in [1.165, 1.54) is 0 Å². The van der Waals surface area contributed by atoms with Crippen molar-refractivity contribution in [2.45, 2.75) is 50.8 Å². The minimum absolute atomic E-state index is 0.237. The van der Waals surface area contributed by atoms with Crippen molar-refractivity contribution in [3.63, 3.8) is 0 Å². The van der Waals surface area contributed by atoms with E-state index in [0.717, 1.165) is 74.5 Å². The van der Waals surface area contributed by atoms with Crippen LogP contribution in [0.4, 0.5) is 11.6 Å². The van der Waals surface area contributed by atoms with Crippen LogP contribution in [-0.2, 0) is 9.47 Å². The maximum atomic E-state index is 7.31. The number of benzene rings is 1. The Morgan fingerprint density at radius 2 is 1.87 bits per heavy atom. The normalized spacial score (nSPS) is 19.4. The van der Waals surface area contributed by atoms with E-state index >= 15 is 0 Å². The minimum Gasteiger partial charge on any atom is -0.487 e. The molecule has 1 atom stereocenters. The highest BCUT2D eigenvalue weighted by atomic mass is 35.5. The number of rotatable bonds is 15. The maximum absolute atomic E-state index is 7.31. The molecule has 242 valence electrons. The second-order valence-electron chi connectivity index (χ2n) is 11.1. The van der Waals surface area contributed by atoms with Gasteiger partial charge in [-0.05, 0) is 50.3 Å². The molecule has 0 radical (unpaired) electrons. The highest BCUT2D eigenvalue weighted by Gasteiger charge is 2.29. The molecule has 14 nitrogen and oxygen atoms in total. The van der Waals surface area contributed by atoms with E-state index in [4.69, 9.17) is 46.6 Å². The Labute approximate surface area is 268 Å². The van der Waals surface area contributed by atoms with Crippen LogP contribution in [0, 0.1) is 10.9 Å². The van der Waals surface area contributed by atoms with E-state index in [0.29, 0.717) is 53.6 Å². The van der Waals surface area contributed by atoms with Gasteiger partial charge in [0.15, 0.2) is 0 Å². The number of halogens is 1. The fourth-order valence-electron chi connectivity index (χ4n) is 5.68. The van der Waals surface area contributed by atoms with Gasteiger partial charge < -0.3 is 24.3 Å². The third kappa shape index (κ3) is 8.66. The summed E-state index contributed by atoms with van der Waals surface area (Å²) < 4.78 is 24.7. The molecule has 3 heterocycles. The molecule has 0 amide bonds. The summed E-state index contributed by atoms with van der Waals surface area (Å²) in [5, 5.41) is 20.3. The minimum atomic E-state index is -0.364. The zero-order valence-electron chi connectivity index (χ0n) is 25.7. The molecular formula is C30H41ClN10O4. The van der Waals surface area contributed by atoms with Gasteiger partial charge in [0.2, 0.25) is 5.95 Å². The Balaban J connectivity index is 1.25. The number of nitrogens with zero attached hydrogens (tertiary/aromatic N) is 7. The molecule has 1 aliphatic heterocycles. The monoisotopic (exact) mass is 640 g/mol. The summed E-state index contributed by atoms with van der Waals surface area (Å²) in [4.78, 5) is 11.7. The lowest BCUT2D eigenvalue weighted by atomic mass is 9.90. The van der Waals surface area contributed by atoms with Crippen molar-refractivity contribution in [2.75, 3.05) is 58.5 Å². The molecule has 1 aliphatic carbocycles. The summed E-state index contributed by atoms with van der Waals surface area (Å²) in [5.41, 5.74) is 9.43. The highest BCUT2D eigenvalue weighted by Crippen LogP contribution is 2.35. The van der Waals surface area contributed by atoms with Gasteiger partial charge in [0, 0.05) is 44.2 Å². The third-order valence-electron chi connectivity index (χ3n) is 8.04. The molecular weight excluding hydrogens is 600 g/mol. The second kappa shape index (κ2) is 15.9. The lowest BCUT2D eigenvalue weighted by Crippen LogP contribution is -2.45. The van der Waals surface area contributed by atoms with Gasteiger partial charge in [0.05, 0.1) is 43.6 Å². The van der Waals surface area contributed by atoms with Crippen molar-refractivity contribution in [1.29, 1.82) is 10.9 Å². The first-order chi connectivity index (χ1) is 22.0. The zero-order valence-corrected chi connectivity index (χ0v) is 26.4. The Hall–Kier alpha value is -3.85. The molecule has 2 aromatic heterocycles. The Morgan fingerprint density at radius 1 is 1.13 bits per heavy atom. The lowest BCUT2D eigenvalue weighted by molar-refractivity contribution is 0.00502. The summed E-state index contributed by atoms with van der Waals surface area (Å²) in [6.45, 7) is 6.57. The number of anilines is 2. The second-order valence-corrected chi connectivity index (χ2v) is 11.5. The molecule has 3 aromatic rings. The SMILES string of the molecule is COCCOc1nn(C2CCC(N3CCOCC3)CC2)cc1Nc1ncc(-c2ccc(Cl)c(O[C@@H](C)CN(C=N)N=N)c2)cn1. The molecule has 0 unspecified atom stereocenters. The summed E-state index contributed by atoms with van der Waals surface area (Å²) >= 11 is 6.39. The Kier molecular flexibility index (Phi) is 11.5. The van der Waals surface area contributed by atoms with Gasteiger partial charge in [-0.15, -0.1) is 5.10 Å². The summed E-state index contributed by atoms with van der Waals surface area (Å²) in [6.07, 6.45) is 10.4. The molecule has 1 saturated heterocycles. The van der Waals surface area contributed by atoms with Crippen molar-refractivity contribution in [3.8, 4) is 22.8 Å². The lowest BCUT2D eigenvalue weighted by Gasteiger charge is -2.38. The fraction of sp³-hybridized carbons (Fsp3) is 0.533. The molecule has 0 spiro atoms. The first-order valence-corrected chi connectivity index (χ1v) is 15.6. The molecule has 2 fully saturated rings. The van der Waals surface area contributed by atoms with Crippen molar-refractivity contribution < 1.29 is 18.9 Å². The largest absolute Gasteiger partial charge is 0.487 e. The molecule has 5 rings (SSSR count). The molecule has 45 heavy (non-hydrogen) atoms. The van der Waals surface area contributed by atoms with E-state index in [2.05, 4.69) is 25.4 Å². The van der Waals surface area contributed by atoms with E-state index < -0.39 is 0 Å². The number of methoxy groups -OCH3 is 1. The quantitative estimate of drug-likeness (QED) is 0.0662. The summed E-state index contributed by atoms with van der Waals surface area (Å²) in [5.74, 6) is 1.38. The fourth-order valence-corrected chi connectivity index (χ4v) is 5.84. The predicted octanol–water partition coefficient (Wildman–Crippen LogP) is 5.20. The average Bonchev–Trinajstić information content (AvgIpc) is 3.47. The van der Waals surface area contributed by atoms with Gasteiger partial charge in [-0.1, -0.05) is 22.9 Å². The van der Waals surface area contributed by atoms with Gasteiger partial charge in [0.25, 0.3) is 5.88 Å². The van der Waals surface area contributed by atoms with Crippen LogP contribution in [0.15, 0.2) is 42.0 Å². The molecule has 1 saturated carbocycles. The van der Waals surface area contributed by atoms with Crippen LogP contribution in [0.25, 0.3) is 11.1 Å². The van der Waals surface area contributed by atoms with Crippen molar-refractivity contribution in [2.24, 2.45) is 5.22 Å². The number of morpholine rings is 1. The van der Waals surface area contributed by atoms with Crippen LogP contribution in [0.1, 0.15) is 38.6 Å². The van der Waals surface area contributed by atoms with E-state index in [-0.39, 0.29) is 12.6 Å². The standard InChI is InChI=1S/C30H41ClN10O4/c1-21(18-40(20-32)38-33)45-28-15-22(3-8-26(28)31)23-16-34-30(35-17-23)36-27-19-41(37-29(27)44-14-13-42-2)25-6-4-24(5-7-25)39-9-11-43-12-10-39/h3,8,15-17,19-21,24-25,32-33H,4-7,9-14,18H2,1-2H3,(H,34,35,36)/t21-,24?,25?/m0/s1. The predicted molar refractivity (Wildman–Crippen MR) is 170 cm³/mol. The van der Waals surface area contributed by atoms with E-state index in [9.17, 15) is 0 Å². The van der Waals surface area contributed by atoms with Crippen molar-refractivity contribution in [1.82, 2.24) is 29.7 Å². The Bertz CT molecular complexity index is 1390. The van der Waals surface area contributed by atoms with Gasteiger partial charge in [0.1, 0.15) is 30.5 Å². The number of hydrogen-bond acceptors (Lipinski definition) is 12. The molecule has 1 aromatic carbocycles. The number of hydrogen-bond donors (Lipinski definition) is 3. The van der Waals surface area contributed by atoms with Crippen LogP contribution in [0.5, 0.6) is 11.6 Å². The molecule has 3 N–H and O–H groups in total. The van der Waals surface area contributed by atoms with Crippen LogP contribution in [0.2, 0.25) is 5.02 Å². The maximum Gasteiger partial charge on any atom is 0.257 e. The van der Waals surface area contributed by atoms with Crippen molar-refractivity contribution in [3.05, 3.63) is 41.8 Å². The highest BCUT2D eigenvalue weighted by molar-refractivity contribution is 6.32. The first-order valence-electron chi connectivity index (χ1n) is 15.2. The van der Waals surface area contributed by atoms with Crippen LogP contribution >= 0.6 is 11.6 Å². The smallest absolute Gasteiger partial charge is 0.257 e. The molecule has 2 aliphatic rings. The van der Waals surface area contributed by atoms with Crippen LogP contribution in [-0.4, -0.2) is 101 Å². The van der Waals surface area contributed by atoms with Gasteiger partial charge in [-0.25, -0.2) is 15.0 Å². The first kappa shape index (κ1) is 32.5. The molecule has 0 bridgehead atoms. The number of aromatic nitrogens is 4. The zero-order chi connectivity index (χ0) is 31.6. The Morgan fingerprint density at radius 3 is 2.56 bits per heavy atom. The molecule has 15 heteroatoms. The summed E-state index contributed by atoms with van der Waals surface area (Å²) in [6, 6.07) is 6.34.